The van der Waals surface area contributed by atoms with E-state index in [1.165, 1.54) is 0 Å². The average molecular weight is 593 g/mol. The van der Waals surface area contributed by atoms with Gasteiger partial charge < -0.3 is 24.7 Å². The Morgan fingerprint density at radius 2 is 1.70 bits per heavy atom. The van der Waals surface area contributed by atoms with Crippen molar-refractivity contribution < 1.29 is 18.9 Å². The van der Waals surface area contributed by atoms with Crippen molar-refractivity contribution in [1.82, 2.24) is 0 Å². The summed E-state index contributed by atoms with van der Waals surface area (Å²) >= 11 is 15.4. The summed E-state index contributed by atoms with van der Waals surface area (Å²) in [5.41, 5.74) is 8.69. The minimum atomic E-state index is -0.548. The predicted molar refractivity (Wildman–Crippen MR) is 132 cm³/mol. The SMILES string of the molecule is N#CC1=C(N)Oc2cc3c(cc2[C@@H]1c1cc(Cl)c(OCc2ccc(I)cc2)c(Cl)c1)OCO3. The smallest absolute Gasteiger partial charge is 0.231 e. The third kappa shape index (κ3) is 4.14. The Labute approximate surface area is 213 Å². The quantitative estimate of drug-likeness (QED) is 0.367. The zero-order valence-electron chi connectivity index (χ0n) is 16.9. The van der Waals surface area contributed by atoms with Crippen LogP contribution in [0.1, 0.15) is 22.6 Å². The van der Waals surface area contributed by atoms with Crippen molar-refractivity contribution in [1.29, 1.82) is 5.26 Å². The number of halogens is 3. The Balaban J connectivity index is 1.52. The normalized spacial score (nSPS) is 16.1. The van der Waals surface area contributed by atoms with Crippen LogP contribution in [0, 0.1) is 14.9 Å². The predicted octanol–water partition coefficient (Wildman–Crippen LogP) is 6.12. The lowest BCUT2D eigenvalue weighted by molar-refractivity contribution is 0.174. The second kappa shape index (κ2) is 8.86. The molecule has 0 unspecified atom stereocenters. The van der Waals surface area contributed by atoms with E-state index in [0.29, 0.717) is 50.8 Å². The zero-order chi connectivity index (χ0) is 23.1. The van der Waals surface area contributed by atoms with Gasteiger partial charge in [-0.1, -0.05) is 35.3 Å². The summed E-state index contributed by atoms with van der Waals surface area (Å²) in [6.07, 6.45) is 0. The Morgan fingerprint density at radius 3 is 2.36 bits per heavy atom. The van der Waals surface area contributed by atoms with E-state index in [-0.39, 0.29) is 18.2 Å². The zero-order valence-corrected chi connectivity index (χ0v) is 20.6. The summed E-state index contributed by atoms with van der Waals surface area (Å²) in [5, 5.41) is 10.5. The second-order valence-electron chi connectivity index (χ2n) is 7.40. The molecular formula is C24H15Cl2IN2O4. The first kappa shape index (κ1) is 22.0. The third-order valence-corrected chi connectivity index (χ3v) is 6.64. The number of fused-ring (bicyclic) bond motifs is 2. The van der Waals surface area contributed by atoms with Crippen LogP contribution >= 0.6 is 45.8 Å². The van der Waals surface area contributed by atoms with Crippen molar-refractivity contribution in [3.63, 3.8) is 0 Å². The number of rotatable bonds is 4. The maximum atomic E-state index is 9.82. The van der Waals surface area contributed by atoms with Gasteiger partial charge in [-0.25, -0.2) is 0 Å². The first-order chi connectivity index (χ1) is 15.9. The van der Waals surface area contributed by atoms with Crippen molar-refractivity contribution in [3.8, 4) is 29.1 Å². The maximum absolute atomic E-state index is 9.82. The second-order valence-corrected chi connectivity index (χ2v) is 9.46. The van der Waals surface area contributed by atoms with Gasteiger partial charge in [-0.2, -0.15) is 5.26 Å². The summed E-state index contributed by atoms with van der Waals surface area (Å²) in [7, 11) is 0. The lowest BCUT2D eigenvalue weighted by atomic mass is 9.83. The fourth-order valence-corrected chi connectivity index (χ4v) is 4.78. The van der Waals surface area contributed by atoms with Gasteiger partial charge in [0, 0.05) is 15.2 Å². The number of allylic oxidation sites excluding steroid dienone is 1. The lowest BCUT2D eigenvalue weighted by Crippen LogP contribution is -2.21. The molecule has 0 aromatic heterocycles. The molecule has 0 amide bonds. The number of benzene rings is 3. The van der Waals surface area contributed by atoms with Crippen LogP contribution in [-0.4, -0.2) is 6.79 Å². The van der Waals surface area contributed by atoms with Crippen molar-refractivity contribution in [2.75, 3.05) is 6.79 Å². The molecule has 9 heteroatoms. The number of hydrogen-bond donors (Lipinski definition) is 1. The van der Waals surface area contributed by atoms with Crippen molar-refractivity contribution >= 4 is 45.8 Å². The number of ether oxygens (including phenoxy) is 4. The molecule has 2 N–H and O–H groups in total. The average Bonchev–Trinajstić information content (AvgIpc) is 3.24. The van der Waals surface area contributed by atoms with Crippen LogP contribution < -0.4 is 24.7 Å². The molecule has 2 aliphatic rings. The molecule has 5 rings (SSSR count). The molecule has 2 aliphatic heterocycles. The van der Waals surface area contributed by atoms with Crippen LogP contribution in [0.25, 0.3) is 0 Å². The molecule has 1 atom stereocenters. The molecule has 0 saturated heterocycles. The maximum Gasteiger partial charge on any atom is 0.231 e. The third-order valence-electron chi connectivity index (χ3n) is 5.36. The standard InChI is InChI=1S/C24H15Cl2IN2O4/c25-17-5-13(6-18(26)23(17)30-10-12-1-3-14(27)4-2-12)22-15-7-20-21(32-11-31-20)8-19(15)33-24(29)16(22)9-28/h1-8,22H,10-11,29H2/t22-/m0/s1. The Morgan fingerprint density at radius 1 is 1.03 bits per heavy atom. The van der Waals surface area contributed by atoms with Crippen LogP contribution in [0.15, 0.2) is 60.0 Å². The molecular weight excluding hydrogens is 578 g/mol. The highest BCUT2D eigenvalue weighted by Crippen LogP contribution is 2.49. The summed E-state index contributed by atoms with van der Waals surface area (Å²) in [6.45, 7) is 0.427. The molecule has 0 bridgehead atoms. The number of nitrogens with zero attached hydrogens (tertiary/aromatic N) is 1. The minimum Gasteiger partial charge on any atom is -0.486 e. The molecule has 0 radical (unpaired) electrons. The summed E-state index contributed by atoms with van der Waals surface area (Å²) in [4.78, 5) is 0. The topological polar surface area (TPSA) is 86.7 Å². The van der Waals surface area contributed by atoms with E-state index in [4.69, 9.17) is 47.9 Å². The Hall–Kier alpha value is -2.80. The van der Waals surface area contributed by atoms with Crippen LogP contribution in [0.3, 0.4) is 0 Å². The van der Waals surface area contributed by atoms with Gasteiger partial charge in [0.2, 0.25) is 12.7 Å². The number of nitriles is 1. The fourth-order valence-electron chi connectivity index (χ4n) is 3.81. The first-order valence-corrected chi connectivity index (χ1v) is 11.7. The summed E-state index contributed by atoms with van der Waals surface area (Å²) in [6, 6.07) is 17.1. The largest absolute Gasteiger partial charge is 0.486 e. The van der Waals surface area contributed by atoms with E-state index in [1.807, 2.05) is 24.3 Å². The highest BCUT2D eigenvalue weighted by Gasteiger charge is 2.34. The van der Waals surface area contributed by atoms with Crippen LogP contribution in [0.4, 0.5) is 0 Å². The Kier molecular flexibility index (Phi) is 5.91. The van der Waals surface area contributed by atoms with Gasteiger partial charge in [-0.3, -0.25) is 0 Å². The molecule has 0 spiro atoms. The van der Waals surface area contributed by atoms with E-state index in [2.05, 4.69) is 28.7 Å². The van der Waals surface area contributed by atoms with E-state index >= 15 is 0 Å². The molecule has 0 saturated carbocycles. The molecule has 33 heavy (non-hydrogen) atoms. The molecule has 3 aromatic carbocycles. The number of hydrogen-bond acceptors (Lipinski definition) is 6. The molecule has 0 fully saturated rings. The molecule has 3 aromatic rings. The first-order valence-electron chi connectivity index (χ1n) is 9.82. The van der Waals surface area contributed by atoms with Gasteiger partial charge in [0.25, 0.3) is 0 Å². The fraction of sp³-hybridized carbons (Fsp3) is 0.125. The van der Waals surface area contributed by atoms with Crippen LogP contribution in [-0.2, 0) is 6.61 Å². The van der Waals surface area contributed by atoms with Gasteiger partial charge in [0.1, 0.15) is 24.0 Å². The minimum absolute atomic E-state index is 0.0140. The summed E-state index contributed by atoms with van der Waals surface area (Å²) in [5.74, 6) is 1.43. The monoisotopic (exact) mass is 592 g/mol. The van der Waals surface area contributed by atoms with Gasteiger partial charge in [-0.15, -0.1) is 0 Å². The highest BCUT2D eigenvalue weighted by molar-refractivity contribution is 14.1. The highest BCUT2D eigenvalue weighted by atomic mass is 127. The lowest BCUT2D eigenvalue weighted by Gasteiger charge is -2.27. The van der Waals surface area contributed by atoms with Gasteiger partial charge >= 0.3 is 0 Å². The molecule has 6 nitrogen and oxygen atoms in total. The van der Waals surface area contributed by atoms with E-state index < -0.39 is 5.92 Å². The molecule has 166 valence electrons. The van der Waals surface area contributed by atoms with E-state index in [1.54, 1.807) is 24.3 Å². The summed E-state index contributed by atoms with van der Waals surface area (Å²) < 4.78 is 23.7. The van der Waals surface area contributed by atoms with E-state index in [0.717, 1.165) is 9.13 Å². The van der Waals surface area contributed by atoms with Gasteiger partial charge in [0.15, 0.2) is 17.2 Å². The Bertz CT molecular complexity index is 1310. The van der Waals surface area contributed by atoms with Crippen molar-refractivity contribution in [2.24, 2.45) is 5.73 Å². The van der Waals surface area contributed by atoms with Crippen molar-refractivity contribution in [2.45, 2.75) is 12.5 Å². The van der Waals surface area contributed by atoms with Crippen LogP contribution in [0.5, 0.6) is 23.0 Å². The van der Waals surface area contributed by atoms with Gasteiger partial charge in [0.05, 0.1) is 16.0 Å². The van der Waals surface area contributed by atoms with Gasteiger partial charge in [-0.05, 0) is 64.0 Å². The van der Waals surface area contributed by atoms with Crippen molar-refractivity contribution in [3.05, 3.63) is 90.3 Å². The van der Waals surface area contributed by atoms with Crippen LogP contribution in [0.2, 0.25) is 10.0 Å². The molecule has 2 heterocycles. The number of nitrogens with two attached hydrogens (primary N) is 1. The molecule has 0 aliphatic carbocycles. The van der Waals surface area contributed by atoms with E-state index in [9.17, 15) is 5.26 Å².